The lowest BCUT2D eigenvalue weighted by Gasteiger charge is -2.39. The highest BCUT2D eigenvalue weighted by molar-refractivity contribution is 5.93. The topological polar surface area (TPSA) is 40.6 Å². The number of nitrogens with zero attached hydrogens (tertiary/aromatic N) is 2. The maximum absolute atomic E-state index is 12.0. The van der Waals surface area contributed by atoms with Crippen molar-refractivity contribution in [2.75, 3.05) is 20.1 Å². The van der Waals surface area contributed by atoms with Gasteiger partial charge in [-0.1, -0.05) is 20.4 Å². The third kappa shape index (κ3) is 2.62. The Morgan fingerprint density at radius 2 is 2.19 bits per heavy atom. The van der Waals surface area contributed by atoms with Crippen LogP contribution < -0.4 is 0 Å². The van der Waals surface area contributed by atoms with E-state index in [9.17, 15) is 9.59 Å². The molecule has 1 heterocycles. The van der Waals surface area contributed by atoms with Crippen LogP contribution in [0.5, 0.6) is 0 Å². The molecule has 1 aliphatic rings. The maximum atomic E-state index is 12.0. The largest absolute Gasteiger partial charge is 0.342 e. The first-order valence-corrected chi connectivity index (χ1v) is 5.65. The van der Waals surface area contributed by atoms with Crippen LogP contribution in [0.15, 0.2) is 12.7 Å². The molecule has 0 aliphatic carbocycles. The molecule has 0 aromatic carbocycles. The quantitative estimate of drug-likeness (QED) is 0.668. The van der Waals surface area contributed by atoms with Gasteiger partial charge < -0.3 is 9.80 Å². The molecule has 1 fully saturated rings. The van der Waals surface area contributed by atoms with Gasteiger partial charge in [0.25, 0.3) is 0 Å². The van der Waals surface area contributed by atoms with E-state index in [0.717, 1.165) is 0 Å². The highest BCUT2D eigenvalue weighted by Gasteiger charge is 2.35. The first-order valence-electron chi connectivity index (χ1n) is 5.65. The lowest BCUT2D eigenvalue weighted by atomic mass is 9.99. The summed E-state index contributed by atoms with van der Waals surface area (Å²) in [4.78, 5) is 27.0. The van der Waals surface area contributed by atoms with Gasteiger partial charge in [-0.25, -0.2) is 0 Å². The molecular formula is C12H20N2O2. The zero-order chi connectivity index (χ0) is 12.3. The van der Waals surface area contributed by atoms with Crippen LogP contribution in [0, 0.1) is 5.92 Å². The van der Waals surface area contributed by atoms with Crippen LogP contribution in [0.25, 0.3) is 0 Å². The van der Waals surface area contributed by atoms with Gasteiger partial charge >= 0.3 is 0 Å². The molecule has 0 spiro atoms. The molecule has 1 unspecified atom stereocenters. The molecule has 0 aromatic rings. The summed E-state index contributed by atoms with van der Waals surface area (Å²) in [5, 5.41) is 0. The van der Waals surface area contributed by atoms with Crippen molar-refractivity contribution < 1.29 is 9.59 Å². The summed E-state index contributed by atoms with van der Waals surface area (Å²) in [6, 6.07) is -0.316. The van der Waals surface area contributed by atoms with Crippen molar-refractivity contribution in [3.8, 4) is 0 Å². The van der Waals surface area contributed by atoms with E-state index in [1.807, 2.05) is 0 Å². The Kier molecular flexibility index (Phi) is 4.10. The summed E-state index contributed by atoms with van der Waals surface area (Å²) in [7, 11) is 1.78. The highest BCUT2D eigenvalue weighted by Crippen LogP contribution is 2.18. The van der Waals surface area contributed by atoms with Gasteiger partial charge in [0.05, 0.1) is 0 Å². The first-order chi connectivity index (χ1) is 7.47. The van der Waals surface area contributed by atoms with Crippen molar-refractivity contribution in [1.29, 1.82) is 0 Å². The third-order valence-electron chi connectivity index (χ3n) is 2.87. The Morgan fingerprint density at radius 3 is 2.69 bits per heavy atom. The average molecular weight is 224 g/mol. The predicted molar refractivity (Wildman–Crippen MR) is 62.8 cm³/mol. The van der Waals surface area contributed by atoms with Crippen LogP contribution in [0.1, 0.15) is 20.3 Å². The molecule has 1 rings (SSSR count). The van der Waals surface area contributed by atoms with E-state index in [0.29, 0.717) is 25.4 Å². The summed E-state index contributed by atoms with van der Waals surface area (Å²) in [5.74, 6) is 0.280. The van der Waals surface area contributed by atoms with E-state index >= 15 is 0 Å². The Balaban J connectivity index is 2.85. The Labute approximate surface area is 96.9 Å². The number of amides is 2. The molecule has 4 heteroatoms. The van der Waals surface area contributed by atoms with E-state index in [1.165, 1.54) is 6.08 Å². The standard InChI is InChI=1S/C12H20N2O2/c1-5-11(15)14-7-6-13(4)12(16)10(14)8-9(2)3/h5,9-10H,1,6-8H2,2-4H3. The summed E-state index contributed by atoms with van der Waals surface area (Å²) < 4.78 is 0. The fourth-order valence-corrected chi connectivity index (χ4v) is 1.97. The molecule has 1 atom stereocenters. The van der Waals surface area contributed by atoms with Gasteiger partial charge in [0, 0.05) is 20.1 Å². The molecule has 0 saturated carbocycles. The van der Waals surface area contributed by atoms with E-state index in [1.54, 1.807) is 16.8 Å². The van der Waals surface area contributed by atoms with Crippen molar-refractivity contribution in [1.82, 2.24) is 9.80 Å². The van der Waals surface area contributed by atoms with Gasteiger partial charge in [0.15, 0.2) is 0 Å². The highest BCUT2D eigenvalue weighted by atomic mass is 16.2. The number of carbonyl (C=O) groups is 2. The van der Waals surface area contributed by atoms with Crippen LogP contribution in [-0.2, 0) is 9.59 Å². The molecule has 0 radical (unpaired) electrons. The van der Waals surface area contributed by atoms with Crippen LogP contribution in [0.2, 0.25) is 0 Å². The van der Waals surface area contributed by atoms with E-state index in [-0.39, 0.29) is 17.9 Å². The minimum atomic E-state index is -0.316. The van der Waals surface area contributed by atoms with Crippen LogP contribution >= 0.6 is 0 Å². The van der Waals surface area contributed by atoms with Crippen LogP contribution in [0.3, 0.4) is 0 Å². The fraction of sp³-hybridized carbons (Fsp3) is 0.667. The maximum Gasteiger partial charge on any atom is 0.246 e. The number of hydrogen-bond acceptors (Lipinski definition) is 2. The van der Waals surface area contributed by atoms with Gasteiger partial charge in [0.2, 0.25) is 11.8 Å². The van der Waals surface area contributed by atoms with Crippen molar-refractivity contribution in [2.45, 2.75) is 26.3 Å². The van der Waals surface area contributed by atoms with Crippen molar-refractivity contribution in [3.63, 3.8) is 0 Å². The SMILES string of the molecule is C=CC(=O)N1CCN(C)C(=O)C1CC(C)C. The minimum absolute atomic E-state index is 0.0372. The molecule has 0 bridgehead atoms. The van der Waals surface area contributed by atoms with Gasteiger partial charge in [-0.2, -0.15) is 0 Å². The van der Waals surface area contributed by atoms with Crippen molar-refractivity contribution >= 4 is 11.8 Å². The Morgan fingerprint density at radius 1 is 1.56 bits per heavy atom. The van der Waals surface area contributed by atoms with E-state index in [4.69, 9.17) is 0 Å². The normalized spacial score (nSPS) is 21.5. The number of piperazine rings is 1. The zero-order valence-electron chi connectivity index (χ0n) is 10.3. The van der Waals surface area contributed by atoms with Crippen molar-refractivity contribution in [2.24, 2.45) is 5.92 Å². The molecular weight excluding hydrogens is 204 g/mol. The Hall–Kier alpha value is -1.32. The fourth-order valence-electron chi connectivity index (χ4n) is 1.97. The number of carbonyl (C=O) groups excluding carboxylic acids is 2. The van der Waals surface area contributed by atoms with Crippen LogP contribution in [-0.4, -0.2) is 47.8 Å². The predicted octanol–water partition coefficient (Wildman–Crippen LogP) is 0.888. The molecule has 1 aliphatic heterocycles. The third-order valence-corrected chi connectivity index (χ3v) is 2.87. The van der Waals surface area contributed by atoms with Crippen LogP contribution in [0.4, 0.5) is 0 Å². The molecule has 0 N–H and O–H groups in total. The zero-order valence-corrected chi connectivity index (χ0v) is 10.3. The molecule has 0 aromatic heterocycles. The van der Waals surface area contributed by atoms with Gasteiger partial charge in [-0.15, -0.1) is 0 Å². The second-order valence-electron chi connectivity index (χ2n) is 4.64. The molecule has 90 valence electrons. The summed E-state index contributed by atoms with van der Waals surface area (Å²) in [5.41, 5.74) is 0. The lowest BCUT2D eigenvalue weighted by molar-refractivity contribution is -0.148. The molecule has 1 saturated heterocycles. The average Bonchev–Trinajstić information content (AvgIpc) is 2.23. The number of hydrogen-bond donors (Lipinski definition) is 0. The van der Waals surface area contributed by atoms with Gasteiger partial charge in [0.1, 0.15) is 6.04 Å². The summed E-state index contributed by atoms with van der Waals surface area (Å²) in [6.07, 6.45) is 1.99. The monoisotopic (exact) mass is 224 g/mol. The number of likely N-dealkylation sites (N-methyl/N-ethyl adjacent to an activating group) is 1. The molecule has 2 amide bonds. The van der Waals surface area contributed by atoms with E-state index in [2.05, 4.69) is 20.4 Å². The molecule has 16 heavy (non-hydrogen) atoms. The second kappa shape index (κ2) is 5.14. The second-order valence-corrected chi connectivity index (χ2v) is 4.64. The molecule has 4 nitrogen and oxygen atoms in total. The smallest absolute Gasteiger partial charge is 0.246 e. The first kappa shape index (κ1) is 12.7. The Bertz CT molecular complexity index is 299. The number of rotatable bonds is 3. The summed E-state index contributed by atoms with van der Waals surface area (Å²) in [6.45, 7) is 8.79. The summed E-state index contributed by atoms with van der Waals surface area (Å²) >= 11 is 0. The van der Waals surface area contributed by atoms with Crippen molar-refractivity contribution in [3.05, 3.63) is 12.7 Å². The minimum Gasteiger partial charge on any atom is -0.342 e. The lowest BCUT2D eigenvalue weighted by Crippen LogP contribution is -2.57. The van der Waals surface area contributed by atoms with E-state index < -0.39 is 0 Å². The van der Waals surface area contributed by atoms with Gasteiger partial charge in [-0.3, -0.25) is 9.59 Å². The van der Waals surface area contributed by atoms with Gasteiger partial charge in [-0.05, 0) is 18.4 Å².